The van der Waals surface area contributed by atoms with E-state index in [0.717, 1.165) is 32.6 Å². The maximum Gasteiger partial charge on any atom is 0.0662 e. The van der Waals surface area contributed by atoms with E-state index < -0.39 is 0 Å². The third-order valence-electron chi connectivity index (χ3n) is 2.42. The minimum absolute atomic E-state index is 0.677. The Bertz CT molecular complexity index is 284. The van der Waals surface area contributed by atoms with E-state index in [9.17, 15) is 0 Å². The fourth-order valence-corrected chi connectivity index (χ4v) is 1.40. The van der Waals surface area contributed by atoms with Crippen LogP contribution in [0.1, 0.15) is 25.8 Å². The first-order valence-electron chi connectivity index (χ1n) is 6.01. The molecule has 2 N–H and O–H groups in total. The highest BCUT2D eigenvalue weighted by Crippen LogP contribution is 2.00. The van der Waals surface area contributed by atoms with Gasteiger partial charge in [-0.05, 0) is 30.9 Å². The van der Waals surface area contributed by atoms with Crippen molar-refractivity contribution in [1.29, 1.82) is 0 Å². The van der Waals surface area contributed by atoms with Crippen LogP contribution < -0.4 is 5.73 Å². The lowest BCUT2D eigenvalue weighted by atomic mass is 10.1. The fraction of sp³-hybridized carbons (Fsp3) is 0.750. The molecule has 0 bridgehead atoms. The molecule has 0 aliphatic rings. The van der Waals surface area contributed by atoms with Gasteiger partial charge in [0.1, 0.15) is 0 Å². The minimum atomic E-state index is 0.677. The summed E-state index contributed by atoms with van der Waals surface area (Å²) in [5.74, 6) is 0.709. The van der Waals surface area contributed by atoms with Gasteiger partial charge in [-0.3, -0.25) is 4.68 Å². The summed E-state index contributed by atoms with van der Waals surface area (Å²) in [6.45, 7) is 7.48. The predicted molar refractivity (Wildman–Crippen MR) is 65.3 cm³/mol. The molecule has 92 valence electrons. The molecule has 1 rings (SSSR count). The third-order valence-corrected chi connectivity index (χ3v) is 2.42. The molecule has 0 saturated heterocycles. The lowest BCUT2D eigenvalue weighted by molar-refractivity contribution is 0.114. The van der Waals surface area contributed by atoms with Crippen LogP contribution in [0.2, 0.25) is 0 Å². The zero-order chi connectivity index (χ0) is 11.8. The van der Waals surface area contributed by atoms with E-state index in [4.69, 9.17) is 10.5 Å². The average Bonchev–Trinajstić information content (AvgIpc) is 2.65. The number of nitrogens with two attached hydrogens (primary N) is 1. The van der Waals surface area contributed by atoms with Gasteiger partial charge < -0.3 is 10.5 Å². The number of hydrogen-bond acceptors (Lipinski definition) is 3. The molecule has 0 atom stereocenters. The molecule has 0 spiro atoms. The van der Waals surface area contributed by atoms with Gasteiger partial charge in [0, 0.05) is 12.8 Å². The van der Waals surface area contributed by atoms with E-state index in [2.05, 4.69) is 18.9 Å². The summed E-state index contributed by atoms with van der Waals surface area (Å²) in [5, 5.41) is 4.25. The van der Waals surface area contributed by atoms with E-state index in [0.29, 0.717) is 12.5 Å². The summed E-state index contributed by atoms with van der Waals surface area (Å²) in [6, 6.07) is 0. The topological polar surface area (TPSA) is 53.1 Å². The number of aromatic nitrogens is 2. The molecule has 0 unspecified atom stereocenters. The molecular weight excluding hydrogens is 202 g/mol. The first kappa shape index (κ1) is 13.2. The van der Waals surface area contributed by atoms with Gasteiger partial charge >= 0.3 is 0 Å². The zero-order valence-electron chi connectivity index (χ0n) is 10.4. The van der Waals surface area contributed by atoms with Crippen molar-refractivity contribution < 1.29 is 4.74 Å². The van der Waals surface area contributed by atoms with Crippen LogP contribution in [-0.4, -0.2) is 29.5 Å². The van der Waals surface area contributed by atoms with Crippen LogP contribution >= 0.6 is 0 Å². The fourth-order valence-electron chi connectivity index (χ4n) is 1.40. The smallest absolute Gasteiger partial charge is 0.0662 e. The maximum atomic E-state index is 5.53. The Hall–Kier alpha value is -0.870. The second-order valence-corrected chi connectivity index (χ2v) is 4.45. The molecule has 4 heteroatoms. The Morgan fingerprint density at radius 3 is 2.94 bits per heavy atom. The molecule has 0 aliphatic carbocycles. The highest BCUT2D eigenvalue weighted by Gasteiger charge is 1.98. The van der Waals surface area contributed by atoms with E-state index in [1.54, 1.807) is 0 Å². The van der Waals surface area contributed by atoms with Gasteiger partial charge in [0.15, 0.2) is 0 Å². The molecule has 4 nitrogen and oxygen atoms in total. The van der Waals surface area contributed by atoms with Crippen molar-refractivity contribution in [2.45, 2.75) is 33.2 Å². The van der Waals surface area contributed by atoms with Gasteiger partial charge in [0.25, 0.3) is 0 Å². The highest BCUT2D eigenvalue weighted by molar-refractivity contribution is 5.03. The minimum Gasteiger partial charge on any atom is -0.380 e. The van der Waals surface area contributed by atoms with E-state index in [-0.39, 0.29) is 0 Å². The zero-order valence-corrected chi connectivity index (χ0v) is 10.4. The van der Waals surface area contributed by atoms with Crippen molar-refractivity contribution in [2.24, 2.45) is 11.7 Å². The predicted octanol–water partition coefficient (Wildman–Crippen LogP) is 1.45. The Morgan fingerprint density at radius 1 is 1.44 bits per heavy atom. The van der Waals surface area contributed by atoms with Crippen molar-refractivity contribution in [2.75, 3.05) is 19.8 Å². The highest BCUT2D eigenvalue weighted by atomic mass is 16.5. The molecule has 1 aromatic rings. The molecule has 0 fully saturated rings. The largest absolute Gasteiger partial charge is 0.380 e. The number of hydrogen-bond donors (Lipinski definition) is 1. The summed E-state index contributed by atoms with van der Waals surface area (Å²) in [5.41, 5.74) is 6.67. The lowest BCUT2D eigenvalue weighted by Crippen LogP contribution is -2.08. The summed E-state index contributed by atoms with van der Waals surface area (Å²) in [4.78, 5) is 0. The Kier molecular flexibility index (Phi) is 6.11. The van der Waals surface area contributed by atoms with Crippen LogP contribution in [-0.2, 0) is 17.7 Å². The van der Waals surface area contributed by atoms with E-state index in [1.165, 1.54) is 5.56 Å². The van der Waals surface area contributed by atoms with Gasteiger partial charge in [0.2, 0.25) is 0 Å². The number of nitrogens with zero attached hydrogens (tertiary/aromatic N) is 2. The Labute approximate surface area is 97.8 Å². The first-order valence-corrected chi connectivity index (χ1v) is 6.01. The van der Waals surface area contributed by atoms with Crippen molar-refractivity contribution in [1.82, 2.24) is 9.78 Å². The van der Waals surface area contributed by atoms with Crippen molar-refractivity contribution in [3.8, 4) is 0 Å². The number of rotatable bonds is 8. The standard InChI is InChI=1S/C12H23N3O/c1-11(2)4-7-16-8-6-15-10-12(3-5-13)9-14-15/h9-11H,3-8,13H2,1-2H3. The van der Waals surface area contributed by atoms with Crippen molar-refractivity contribution in [3.63, 3.8) is 0 Å². The van der Waals surface area contributed by atoms with Crippen molar-refractivity contribution >= 4 is 0 Å². The van der Waals surface area contributed by atoms with Crippen LogP contribution in [0.5, 0.6) is 0 Å². The van der Waals surface area contributed by atoms with Crippen molar-refractivity contribution in [3.05, 3.63) is 18.0 Å². The Balaban J connectivity index is 2.12. The second-order valence-electron chi connectivity index (χ2n) is 4.45. The lowest BCUT2D eigenvalue weighted by Gasteiger charge is -2.06. The second kappa shape index (κ2) is 7.41. The Morgan fingerprint density at radius 2 is 2.25 bits per heavy atom. The molecule has 0 saturated carbocycles. The summed E-state index contributed by atoms with van der Waals surface area (Å²) in [7, 11) is 0. The number of ether oxygens (including phenoxy) is 1. The molecule has 1 heterocycles. The van der Waals surface area contributed by atoms with Gasteiger partial charge in [-0.2, -0.15) is 5.10 Å². The first-order chi connectivity index (χ1) is 7.72. The van der Waals surface area contributed by atoms with Crippen LogP contribution in [0, 0.1) is 5.92 Å². The molecule has 16 heavy (non-hydrogen) atoms. The quantitative estimate of drug-likeness (QED) is 0.681. The summed E-state index contributed by atoms with van der Waals surface area (Å²) >= 11 is 0. The van der Waals surface area contributed by atoms with E-state index >= 15 is 0 Å². The average molecular weight is 225 g/mol. The van der Waals surface area contributed by atoms with Crippen LogP contribution in [0.25, 0.3) is 0 Å². The van der Waals surface area contributed by atoms with Crippen LogP contribution in [0.3, 0.4) is 0 Å². The summed E-state index contributed by atoms with van der Waals surface area (Å²) < 4.78 is 7.45. The molecule has 0 radical (unpaired) electrons. The van der Waals surface area contributed by atoms with E-state index in [1.807, 2.05) is 17.1 Å². The molecule has 0 amide bonds. The summed E-state index contributed by atoms with van der Waals surface area (Å²) in [6.07, 6.45) is 5.94. The normalized spacial score (nSPS) is 11.2. The van der Waals surface area contributed by atoms with Crippen LogP contribution in [0.15, 0.2) is 12.4 Å². The molecule has 0 aliphatic heterocycles. The van der Waals surface area contributed by atoms with Gasteiger partial charge in [-0.1, -0.05) is 13.8 Å². The molecule has 1 aromatic heterocycles. The van der Waals surface area contributed by atoms with Gasteiger partial charge in [0.05, 0.1) is 19.3 Å². The third kappa shape index (κ3) is 5.28. The molecular formula is C12H23N3O. The van der Waals surface area contributed by atoms with Gasteiger partial charge in [-0.25, -0.2) is 0 Å². The molecule has 0 aromatic carbocycles. The van der Waals surface area contributed by atoms with Gasteiger partial charge in [-0.15, -0.1) is 0 Å². The maximum absolute atomic E-state index is 5.53. The monoisotopic (exact) mass is 225 g/mol. The van der Waals surface area contributed by atoms with Crippen LogP contribution in [0.4, 0.5) is 0 Å². The SMILES string of the molecule is CC(C)CCOCCn1cc(CCN)cn1.